The molecule has 26 heavy (non-hydrogen) atoms. The number of nitrogens with zero attached hydrogens (tertiary/aromatic N) is 4. The van der Waals surface area contributed by atoms with Crippen molar-refractivity contribution in [2.45, 2.75) is 18.7 Å². The molecular formula is C17H20N4O4S. The zero-order chi connectivity index (χ0) is 18.9. The third kappa shape index (κ3) is 3.40. The molecular weight excluding hydrogens is 356 g/mol. The Labute approximate surface area is 152 Å². The van der Waals surface area contributed by atoms with Crippen molar-refractivity contribution in [3.8, 4) is 0 Å². The van der Waals surface area contributed by atoms with Crippen molar-refractivity contribution in [3.63, 3.8) is 0 Å². The van der Waals surface area contributed by atoms with Gasteiger partial charge in [0, 0.05) is 38.4 Å². The van der Waals surface area contributed by atoms with E-state index in [9.17, 15) is 18.5 Å². The summed E-state index contributed by atoms with van der Waals surface area (Å²) in [5.41, 5.74) is 1.65. The fourth-order valence-corrected chi connectivity index (χ4v) is 4.77. The minimum atomic E-state index is -3.59. The predicted molar refractivity (Wildman–Crippen MR) is 97.8 cm³/mol. The molecule has 1 aromatic carbocycles. The van der Waals surface area contributed by atoms with Crippen molar-refractivity contribution in [3.05, 3.63) is 57.8 Å². The van der Waals surface area contributed by atoms with Crippen LogP contribution >= 0.6 is 0 Å². The van der Waals surface area contributed by atoms with E-state index < -0.39 is 14.9 Å². The zero-order valence-electron chi connectivity index (χ0n) is 14.6. The molecule has 1 aliphatic heterocycles. The normalized spacial score (nSPS) is 15.8. The number of benzene rings is 1. The first-order chi connectivity index (χ1) is 12.3. The number of anilines is 1. The molecule has 1 fully saturated rings. The number of rotatable bonds is 4. The van der Waals surface area contributed by atoms with E-state index in [2.05, 4.69) is 4.98 Å². The predicted octanol–water partition coefficient (Wildman–Crippen LogP) is 2.12. The van der Waals surface area contributed by atoms with Crippen LogP contribution in [0.25, 0.3) is 0 Å². The summed E-state index contributed by atoms with van der Waals surface area (Å²) in [6, 6.07) is 8.19. The quantitative estimate of drug-likeness (QED) is 0.599. The second-order valence-electron chi connectivity index (χ2n) is 6.26. The smallest absolute Gasteiger partial charge is 0.311 e. The Hall–Kier alpha value is -2.52. The number of hydrogen-bond donors (Lipinski definition) is 0. The molecule has 1 aromatic heterocycles. The number of pyridine rings is 1. The van der Waals surface area contributed by atoms with Crippen LogP contribution in [0.3, 0.4) is 0 Å². The summed E-state index contributed by atoms with van der Waals surface area (Å²) in [7, 11) is -3.59. The minimum absolute atomic E-state index is 0.0711. The fourth-order valence-electron chi connectivity index (χ4n) is 3.14. The monoisotopic (exact) mass is 376 g/mol. The van der Waals surface area contributed by atoms with Crippen LogP contribution in [0.1, 0.15) is 11.1 Å². The van der Waals surface area contributed by atoms with Gasteiger partial charge >= 0.3 is 5.69 Å². The topological polar surface area (TPSA) is 96.7 Å². The molecule has 0 atom stereocenters. The minimum Gasteiger partial charge on any atom is -0.348 e. The number of piperazine rings is 1. The van der Waals surface area contributed by atoms with Crippen LogP contribution < -0.4 is 4.90 Å². The van der Waals surface area contributed by atoms with E-state index in [1.807, 2.05) is 13.0 Å². The second kappa shape index (κ2) is 7.00. The Morgan fingerprint density at radius 2 is 1.81 bits per heavy atom. The van der Waals surface area contributed by atoms with E-state index in [1.165, 1.54) is 22.6 Å². The first kappa shape index (κ1) is 18.3. The lowest BCUT2D eigenvalue weighted by molar-refractivity contribution is -0.384. The van der Waals surface area contributed by atoms with Crippen molar-refractivity contribution < 1.29 is 13.3 Å². The number of aromatic nitrogens is 1. The summed E-state index contributed by atoms with van der Waals surface area (Å²) in [5.74, 6) is 0.279. The average Bonchev–Trinajstić information content (AvgIpc) is 2.61. The van der Waals surface area contributed by atoms with Gasteiger partial charge in [-0.15, -0.1) is 0 Å². The van der Waals surface area contributed by atoms with Gasteiger partial charge in [-0.1, -0.05) is 17.7 Å². The van der Waals surface area contributed by atoms with Gasteiger partial charge in [0.2, 0.25) is 15.8 Å². The van der Waals surface area contributed by atoms with Crippen molar-refractivity contribution in [1.29, 1.82) is 0 Å². The molecule has 3 rings (SSSR count). The molecule has 0 spiro atoms. The standard InChI is InChI=1S/C17H20N4O4S/c1-13-5-6-16(14(2)12-13)26(24,25)20-10-8-19(9-11-20)17-15(21(22)23)4-3-7-18-17/h3-7,12H,8-11H2,1-2H3. The number of sulfonamides is 1. The highest BCUT2D eigenvalue weighted by atomic mass is 32.2. The third-order valence-electron chi connectivity index (χ3n) is 4.45. The van der Waals surface area contributed by atoms with Gasteiger partial charge in [0.1, 0.15) is 0 Å². The maximum Gasteiger partial charge on any atom is 0.311 e. The van der Waals surface area contributed by atoms with E-state index in [-0.39, 0.29) is 24.6 Å². The Bertz CT molecular complexity index is 938. The molecule has 0 saturated carbocycles. The summed E-state index contributed by atoms with van der Waals surface area (Å²) in [6.45, 7) is 4.91. The van der Waals surface area contributed by atoms with Crippen LogP contribution in [0.4, 0.5) is 11.5 Å². The number of nitro groups is 1. The van der Waals surface area contributed by atoms with Crippen molar-refractivity contribution in [1.82, 2.24) is 9.29 Å². The van der Waals surface area contributed by atoms with Crippen LogP contribution in [-0.2, 0) is 10.0 Å². The van der Waals surface area contributed by atoms with Crippen molar-refractivity contribution in [2.24, 2.45) is 0 Å². The molecule has 138 valence electrons. The summed E-state index contributed by atoms with van der Waals surface area (Å²) in [6.07, 6.45) is 1.50. The molecule has 0 radical (unpaired) electrons. The molecule has 0 N–H and O–H groups in total. The number of hydrogen-bond acceptors (Lipinski definition) is 6. The molecule has 1 aliphatic rings. The highest BCUT2D eigenvalue weighted by Gasteiger charge is 2.31. The maximum absolute atomic E-state index is 12.9. The molecule has 0 unspecified atom stereocenters. The molecule has 0 aliphatic carbocycles. The van der Waals surface area contributed by atoms with E-state index in [1.54, 1.807) is 24.0 Å². The largest absolute Gasteiger partial charge is 0.348 e. The van der Waals surface area contributed by atoms with Gasteiger partial charge in [0.05, 0.1) is 9.82 Å². The average molecular weight is 376 g/mol. The van der Waals surface area contributed by atoms with Crippen LogP contribution in [0, 0.1) is 24.0 Å². The van der Waals surface area contributed by atoms with Gasteiger partial charge in [-0.05, 0) is 31.5 Å². The number of aryl methyl sites for hydroxylation is 2. The van der Waals surface area contributed by atoms with Gasteiger partial charge in [0.15, 0.2) is 0 Å². The molecule has 2 aromatic rings. The fraction of sp³-hybridized carbons (Fsp3) is 0.353. The molecule has 8 nitrogen and oxygen atoms in total. The van der Waals surface area contributed by atoms with Crippen molar-refractivity contribution >= 4 is 21.5 Å². The van der Waals surface area contributed by atoms with Gasteiger partial charge < -0.3 is 4.90 Å². The molecule has 1 saturated heterocycles. The highest BCUT2D eigenvalue weighted by molar-refractivity contribution is 7.89. The maximum atomic E-state index is 12.9. The van der Waals surface area contributed by atoms with Gasteiger partial charge in [-0.2, -0.15) is 4.31 Å². The van der Waals surface area contributed by atoms with Gasteiger partial charge in [0.25, 0.3) is 0 Å². The molecule has 9 heteroatoms. The first-order valence-corrected chi connectivity index (χ1v) is 9.66. The van der Waals surface area contributed by atoms with Crippen LogP contribution in [-0.4, -0.2) is 48.8 Å². The zero-order valence-corrected chi connectivity index (χ0v) is 15.4. The van der Waals surface area contributed by atoms with Crippen LogP contribution in [0.2, 0.25) is 0 Å². The van der Waals surface area contributed by atoms with E-state index in [4.69, 9.17) is 0 Å². The van der Waals surface area contributed by atoms with E-state index in [0.29, 0.717) is 23.5 Å². The summed E-state index contributed by atoms with van der Waals surface area (Å²) < 4.78 is 27.3. The summed E-state index contributed by atoms with van der Waals surface area (Å²) >= 11 is 0. The van der Waals surface area contributed by atoms with Crippen LogP contribution in [0.5, 0.6) is 0 Å². The lowest BCUT2D eigenvalue weighted by atomic mass is 10.2. The van der Waals surface area contributed by atoms with Gasteiger partial charge in [-0.25, -0.2) is 13.4 Å². The third-order valence-corrected chi connectivity index (χ3v) is 6.51. The van der Waals surface area contributed by atoms with Crippen molar-refractivity contribution in [2.75, 3.05) is 31.1 Å². The second-order valence-corrected chi connectivity index (χ2v) is 8.17. The first-order valence-electron chi connectivity index (χ1n) is 8.22. The summed E-state index contributed by atoms with van der Waals surface area (Å²) in [5, 5.41) is 11.2. The van der Waals surface area contributed by atoms with E-state index >= 15 is 0 Å². The Morgan fingerprint density at radius 3 is 2.42 bits per heavy atom. The lowest BCUT2D eigenvalue weighted by Gasteiger charge is -2.34. The molecule has 2 heterocycles. The Morgan fingerprint density at radius 1 is 1.12 bits per heavy atom. The Balaban J connectivity index is 1.79. The van der Waals surface area contributed by atoms with Crippen LogP contribution in [0.15, 0.2) is 41.4 Å². The van der Waals surface area contributed by atoms with E-state index in [0.717, 1.165) is 5.56 Å². The molecule has 0 amide bonds. The SMILES string of the molecule is Cc1ccc(S(=O)(=O)N2CCN(c3ncccc3[N+](=O)[O-])CC2)c(C)c1. The molecule has 0 bridgehead atoms. The lowest BCUT2D eigenvalue weighted by Crippen LogP contribution is -2.49. The Kier molecular flexibility index (Phi) is 4.92. The summed E-state index contributed by atoms with van der Waals surface area (Å²) in [4.78, 5) is 16.9. The van der Waals surface area contributed by atoms with Gasteiger partial charge in [-0.3, -0.25) is 10.1 Å². The highest BCUT2D eigenvalue weighted by Crippen LogP contribution is 2.27.